The second kappa shape index (κ2) is 5.01. The maximum atomic E-state index is 11.4. The van der Waals surface area contributed by atoms with Crippen LogP contribution in [-0.4, -0.2) is 5.78 Å². The summed E-state index contributed by atoms with van der Waals surface area (Å²) in [6.07, 6.45) is 0. The third-order valence-corrected chi connectivity index (χ3v) is 3.09. The summed E-state index contributed by atoms with van der Waals surface area (Å²) in [6.45, 7) is 1.97. The van der Waals surface area contributed by atoms with Crippen LogP contribution in [0.3, 0.4) is 0 Å². The van der Waals surface area contributed by atoms with Crippen molar-refractivity contribution in [3.8, 4) is 5.75 Å². The molecule has 4 heteroatoms. The van der Waals surface area contributed by atoms with Crippen LogP contribution in [0.15, 0.2) is 35.0 Å². The Kier molecular flexibility index (Phi) is 3.44. The normalized spacial score (nSPS) is 10.2. The number of carbonyl (C=O) groups is 1. The fraction of sp³-hybridized carbons (Fsp3) is 0.154. The van der Waals surface area contributed by atoms with Crippen molar-refractivity contribution in [3.63, 3.8) is 0 Å². The molecule has 0 fully saturated rings. The summed E-state index contributed by atoms with van der Waals surface area (Å²) >= 11 is 1.62. The minimum Gasteiger partial charge on any atom is -0.488 e. The van der Waals surface area contributed by atoms with Crippen molar-refractivity contribution in [2.75, 3.05) is 5.73 Å². The number of carbonyl (C=O) groups excluding carboxylic acids is 1. The molecule has 0 atom stereocenters. The SMILES string of the molecule is CC(=O)c1cc(N)ccc1OCc1ccsc1. The van der Waals surface area contributed by atoms with Crippen molar-refractivity contribution in [3.05, 3.63) is 46.2 Å². The number of Topliss-reactive ketones (excluding diaryl/α,β-unsaturated/α-hetero) is 1. The highest BCUT2D eigenvalue weighted by Gasteiger charge is 2.09. The molecule has 1 heterocycles. The van der Waals surface area contributed by atoms with Crippen LogP contribution in [0, 0.1) is 0 Å². The Bertz CT molecular complexity index is 520. The minimum atomic E-state index is -0.0439. The van der Waals surface area contributed by atoms with E-state index in [1.54, 1.807) is 29.5 Å². The molecule has 2 rings (SSSR count). The van der Waals surface area contributed by atoms with Crippen molar-refractivity contribution < 1.29 is 9.53 Å². The topological polar surface area (TPSA) is 52.3 Å². The van der Waals surface area contributed by atoms with E-state index in [0.717, 1.165) is 5.56 Å². The molecule has 2 aromatic rings. The number of nitrogen functional groups attached to an aromatic ring is 1. The number of thiophene rings is 1. The predicted molar refractivity (Wildman–Crippen MR) is 69.5 cm³/mol. The summed E-state index contributed by atoms with van der Waals surface area (Å²) in [4.78, 5) is 11.4. The van der Waals surface area contributed by atoms with E-state index in [9.17, 15) is 4.79 Å². The summed E-state index contributed by atoms with van der Waals surface area (Å²) in [5.74, 6) is 0.538. The molecule has 0 unspecified atom stereocenters. The lowest BCUT2D eigenvalue weighted by Gasteiger charge is -2.09. The first-order valence-corrected chi connectivity index (χ1v) is 6.15. The summed E-state index contributed by atoms with van der Waals surface area (Å²) in [5.41, 5.74) is 7.84. The summed E-state index contributed by atoms with van der Waals surface area (Å²) in [7, 11) is 0. The summed E-state index contributed by atoms with van der Waals surface area (Å²) in [6, 6.07) is 7.11. The standard InChI is InChI=1S/C13H13NO2S/c1-9(15)12-6-11(14)2-3-13(12)16-7-10-4-5-17-8-10/h2-6,8H,7,14H2,1H3. The molecule has 0 spiro atoms. The van der Waals surface area contributed by atoms with E-state index >= 15 is 0 Å². The Balaban J connectivity index is 2.17. The molecular formula is C13H13NO2S. The Morgan fingerprint density at radius 1 is 1.41 bits per heavy atom. The lowest BCUT2D eigenvalue weighted by atomic mass is 10.1. The third kappa shape index (κ3) is 2.85. The first-order valence-electron chi connectivity index (χ1n) is 5.21. The molecule has 3 nitrogen and oxygen atoms in total. The van der Waals surface area contributed by atoms with Crippen molar-refractivity contribution >= 4 is 22.8 Å². The Morgan fingerprint density at radius 2 is 2.24 bits per heavy atom. The third-order valence-electron chi connectivity index (χ3n) is 2.36. The zero-order valence-electron chi connectivity index (χ0n) is 9.47. The molecule has 88 valence electrons. The van der Waals surface area contributed by atoms with Crippen LogP contribution in [0.1, 0.15) is 22.8 Å². The molecule has 0 amide bonds. The van der Waals surface area contributed by atoms with Crippen LogP contribution >= 0.6 is 11.3 Å². The molecule has 1 aromatic heterocycles. The van der Waals surface area contributed by atoms with Gasteiger partial charge in [0.2, 0.25) is 0 Å². The van der Waals surface area contributed by atoms with Gasteiger partial charge < -0.3 is 10.5 Å². The fourth-order valence-electron chi connectivity index (χ4n) is 1.48. The molecule has 0 aliphatic rings. The minimum absolute atomic E-state index is 0.0439. The number of hydrogen-bond acceptors (Lipinski definition) is 4. The number of hydrogen-bond donors (Lipinski definition) is 1. The lowest BCUT2D eigenvalue weighted by Crippen LogP contribution is -2.02. The van der Waals surface area contributed by atoms with E-state index in [2.05, 4.69) is 0 Å². The van der Waals surface area contributed by atoms with Gasteiger partial charge in [-0.05, 0) is 47.5 Å². The number of nitrogens with two attached hydrogens (primary N) is 1. The summed E-state index contributed by atoms with van der Waals surface area (Å²) in [5, 5.41) is 4.01. The van der Waals surface area contributed by atoms with Gasteiger partial charge in [-0.25, -0.2) is 0 Å². The van der Waals surface area contributed by atoms with Crippen molar-refractivity contribution in [2.45, 2.75) is 13.5 Å². The molecule has 1 aromatic carbocycles. The van der Waals surface area contributed by atoms with E-state index in [1.165, 1.54) is 6.92 Å². The molecule has 0 saturated heterocycles. The Labute approximate surface area is 104 Å². The Hall–Kier alpha value is -1.81. The molecule has 0 aliphatic heterocycles. The zero-order valence-corrected chi connectivity index (χ0v) is 10.3. The second-order valence-electron chi connectivity index (χ2n) is 3.73. The largest absolute Gasteiger partial charge is 0.488 e. The molecule has 0 saturated carbocycles. The number of benzene rings is 1. The fourth-order valence-corrected chi connectivity index (χ4v) is 2.14. The highest BCUT2D eigenvalue weighted by molar-refractivity contribution is 7.07. The van der Waals surface area contributed by atoms with Crippen molar-refractivity contribution in [2.24, 2.45) is 0 Å². The van der Waals surface area contributed by atoms with Gasteiger partial charge in [-0.1, -0.05) is 0 Å². The average Bonchev–Trinajstić information content (AvgIpc) is 2.80. The predicted octanol–water partition coefficient (Wildman–Crippen LogP) is 3.11. The quantitative estimate of drug-likeness (QED) is 0.667. The number of rotatable bonds is 4. The zero-order chi connectivity index (χ0) is 12.3. The first kappa shape index (κ1) is 11.7. The lowest BCUT2D eigenvalue weighted by molar-refractivity contribution is 0.101. The number of ketones is 1. The van der Waals surface area contributed by atoms with E-state index in [0.29, 0.717) is 23.6 Å². The van der Waals surface area contributed by atoms with Gasteiger partial charge >= 0.3 is 0 Å². The van der Waals surface area contributed by atoms with Gasteiger partial charge in [0.25, 0.3) is 0 Å². The molecule has 2 N–H and O–H groups in total. The van der Waals surface area contributed by atoms with Crippen LogP contribution in [0.5, 0.6) is 5.75 Å². The number of ether oxygens (including phenoxy) is 1. The van der Waals surface area contributed by atoms with Gasteiger partial charge in [-0.2, -0.15) is 11.3 Å². The van der Waals surface area contributed by atoms with Crippen molar-refractivity contribution in [1.29, 1.82) is 0 Å². The van der Waals surface area contributed by atoms with Gasteiger partial charge in [0.1, 0.15) is 12.4 Å². The highest BCUT2D eigenvalue weighted by Crippen LogP contribution is 2.23. The molecular weight excluding hydrogens is 234 g/mol. The molecule has 0 aliphatic carbocycles. The first-order chi connectivity index (χ1) is 8.16. The van der Waals surface area contributed by atoms with Gasteiger partial charge in [0, 0.05) is 5.69 Å². The van der Waals surface area contributed by atoms with Gasteiger partial charge in [-0.15, -0.1) is 0 Å². The summed E-state index contributed by atoms with van der Waals surface area (Å²) < 4.78 is 5.63. The monoisotopic (exact) mass is 247 g/mol. The van der Waals surface area contributed by atoms with Crippen LogP contribution in [0.2, 0.25) is 0 Å². The smallest absolute Gasteiger partial charge is 0.163 e. The maximum absolute atomic E-state index is 11.4. The molecule has 0 bridgehead atoms. The maximum Gasteiger partial charge on any atom is 0.163 e. The van der Waals surface area contributed by atoms with E-state index < -0.39 is 0 Å². The molecule has 0 radical (unpaired) electrons. The van der Waals surface area contributed by atoms with Crippen LogP contribution in [0.4, 0.5) is 5.69 Å². The molecule has 17 heavy (non-hydrogen) atoms. The van der Waals surface area contributed by atoms with Crippen LogP contribution < -0.4 is 10.5 Å². The van der Waals surface area contributed by atoms with Crippen LogP contribution in [-0.2, 0) is 6.61 Å². The van der Waals surface area contributed by atoms with E-state index in [4.69, 9.17) is 10.5 Å². The Morgan fingerprint density at radius 3 is 2.88 bits per heavy atom. The van der Waals surface area contributed by atoms with Crippen molar-refractivity contribution in [1.82, 2.24) is 0 Å². The average molecular weight is 247 g/mol. The number of anilines is 1. The van der Waals surface area contributed by atoms with Gasteiger partial charge in [-0.3, -0.25) is 4.79 Å². The van der Waals surface area contributed by atoms with E-state index in [1.807, 2.05) is 16.8 Å². The second-order valence-corrected chi connectivity index (χ2v) is 4.51. The van der Waals surface area contributed by atoms with Crippen LogP contribution in [0.25, 0.3) is 0 Å². The van der Waals surface area contributed by atoms with Gasteiger partial charge in [0.05, 0.1) is 5.56 Å². The van der Waals surface area contributed by atoms with E-state index in [-0.39, 0.29) is 5.78 Å². The highest BCUT2D eigenvalue weighted by atomic mass is 32.1. The van der Waals surface area contributed by atoms with Gasteiger partial charge in [0.15, 0.2) is 5.78 Å².